The van der Waals surface area contributed by atoms with Gasteiger partial charge in [-0.15, -0.1) is 0 Å². The Morgan fingerprint density at radius 1 is 1.06 bits per heavy atom. The Labute approximate surface area is 180 Å². The SMILES string of the molecule is O=C(COC(=O)[C@H]1CC(=O)N(NC(=O)c2ccccc2)C1)Nc1cccc(C(F)(F)F)c1. The van der Waals surface area contributed by atoms with E-state index in [2.05, 4.69) is 10.7 Å². The molecular formula is C21H18F3N3O5. The normalized spacial score (nSPS) is 15.9. The summed E-state index contributed by atoms with van der Waals surface area (Å²) in [5.74, 6) is -3.59. The van der Waals surface area contributed by atoms with E-state index in [1.807, 2.05) is 0 Å². The topological polar surface area (TPSA) is 105 Å². The Morgan fingerprint density at radius 2 is 1.78 bits per heavy atom. The fourth-order valence-electron chi connectivity index (χ4n) is 2.98. The lowest BCUT2D eigenvalue weighted by atomic mass is 10.1. The van der Waals surface area contributed by atoms with Gasteiger partial charge in [-0.2, -0.15) is 13.2 Å². The zero-order valence-electron chi connectivity index (χ0n) is 16.5. The van der Waals surface area contributed by atoms with Crippen LogP contribution in [0.3, 0.4) is 0 Å². The number of benzene rings is 2. The molecule has 0 saturated carbocycles. The van der Waals surface area contributed by atoms with Gasteiger partial charge in [0, 0.05) is 17.7 Å². The summed E-state index contributed by atoms with van der Waals surface area (Å²) in [5, 5.41) is 3.22. The first-order valence-corrected chi connectivity index (χ1v) is 9.43. The Kier molecular flexibility index (Phi) is 6.76. The van der Waals surface area contributed by atoms with Crippen molar-refractivity contribution in [1.29, 1.82) is 0 Å². The van der Waals surface area contributed by atoms with Crippen molar-refractivity contribution in [2.45, 2.75) is 12.6 Å². The maximum atomic E-state index is 12.7. The van der Waals surface area contributed by atoms with Gasteiger partial charge in [0.1, 0.15) is 0 Å². The third kappa shape index (κ3) is 5.84. The summed E-state index contributed by atoms with van der Waals surface area (Å²) in [5.41, 5.74) is 1.70. The van der Waals surface area contributed by atoms with Crippen molar-refractivity contribution in [2.75, 3.05) is 18.5 Å². The molecule has 11 heteroatoms. The van der Waals surface area contributed by atoms with Crippen molar-refractivity contribution in [1.82, 2.24) is 10.4 Å². The lowest BCUT2D eigenvalue weighted by Gasteiger charge is -2.17. The van der Waals surface area contributed by atoms with Gasteiger partial charge in [-0.05, 0) is 30.3 Å². The van der Waals surface area contributed by atoms with E-state index < -0.39 is 48.0 Å². The van der Waals surface area contributed by atoms with Crippen LogP contribution in [0.2, 0.25) is 0 Å². The molecule has 2 N–H and O–H groups in total. The first-order chi connectivity index (χ1) is 15.1. The summed E-state index contributed by atoms with van der Waals surface area (Å²) in [6, 6.07) is 12.2. The predicted octanol–water partition coefficient (Wildman–Crippen LogP) is 2.38. The molecule has 0 aromatic heterocycles. The van der Waals surface area contributed by atoms with Crippen LogP contribution in [-0.2, 0) is 25.3 Å². The molecule has 2 aromatic carbocycles. The lowest BCUT2D eigenvalue weighted by molar-refractivity contribution is -0.151. The van der Waals surface area contributed by atoms with E-state index in [9.17, 15) is 32.3 Å². The molecule has 1 fully saturated rings. The highest BCUT2D eigenvalue weighted by Gasteiger charge is 2.37. The summed E-state index contributed by atoms with van der Waals surface area (Å²) in [4.78, 5) is 48.3. The maximum absolute atomic E-state index is 12.7. The van der Waals surface area contributed by atoms with Crippen LogP contribution >= 0.6 is 0 Å². The van der Waals surface area contributed by atoms with Gasteiger partial charge in [0.25, 0.3) is 11.8 Å². The van der Waals surface area contributed by atoms with Gasteiger partial charge in [0.2, 0.25) is 5.91 Å². The molecule has 0 radical (unpaired) electrons. The quantitative estimate of drug-likeness (QED) is 0.659. The number of ether oxygens (including phenoxy) is 1. The minimum atomic E-state index is -4.57. The van der Waals surface area contributed by atoms with Crippen LogP contribution in [0.1, 0.15) is 22.3 Å². The van der Waals surface area contributed by atoms with Crippen molar-refractivity contribution in [3.8, 4) is 0 Å². The Hall–Kier alpha value is -3.89. The molecule has 1 heterocycles. The van der Waals surface area contributed by atoms with Crippen LogP contribution in [0.4, 0.5) is 18.9 Å². The van der Waals surface area contributed by atoms with Crippen LogP contribution in [0.25, 0.3) is 0 Å². The van der Waals surface area contributed by atoms with E-state index in [0.717, 1.165) is 23.2 Å². The zero-order valence-corrected chi connectivity index (χ0v) is 16.5. The largest absolute Gasteiger partial charge is 0.455 e. The summed E-state index contributed by atoms with van der Waals surface area (Å²) < 4.78 is 43.1. The van der Waals surface area contributed by atoms with Crippen LogP contribution in [0.5, 0.6) is 0 Å². The molecule has 1 aliphatic rings. The molecular weight excluding hydrogens is 431 g/mol. The molecule has 8 nitrogen and oxygen atoms in total. The summed E-state index contributed by atoms with van der Waals surface area (Å²) in [7, 11) is 0. The fourth-order valence-corrected chi connectivity index (χ4v) is 2.98. The number of rotatable bonds is 6. The number of anilines is 1. The fraction of sp³-hybridized carbons (Fsp3) is 0.238. The molecule has 0 spiro atoms. The zero-order chi connectivity index (χ0) is 23.3. The van der Waals surface area contributed by atoms with Gasteiger partial charge >= 0.3 is 12.1 Å². The second-order valence-corrected chi connectivity index (χ2v) is 6.95. The first-order valence-electron chi connectivity index (χ1n) is 9.43. The van der Waals surface area contributed by atoms with Crippen molar-refractivity contribution in [3.63, 3.8) is 0 Å². The minimum absolute atomic E-state index is 0.105. The number of nitrogens with zero attached hydrogens (tertiary/aromatic N) is 1. The van der Waals surface area contributed by atoms with E-state index in [1.165, 1.54) is 6.07 Å². The van der Waals surface area contributed by atoms with Crippen molar-refractivity contribution in [2.24, 2.45) is 5.92 Å². The number of carbonyl (C=O) groups is 4. The highest BCUT2D eigenvalue weighted by atomic mass is 19.4. The predicted molar refractivity (Wildman–Crippen MR) is 105 cm³/mol. The van der Waals surface area contributed by atoms with Gasteiger partial charge in [-0.3, -0.25) is 29.6 Å². The number of hydrogen-bond acceptors (Lipinski definition) is 5. The Balaban J connectivity index is 1.48. The number of alkyl halides is 3. The molecule has 1 saturated heterocycles. The van der Waals surface area contributed by atoms with E-state index in [-0.39, 0.29) is 18.7 Å². The highest BCUT2D eigenvalue weighted by Crippen LogP contribution is 2.30. The Morgan fingerprint density at radius 3 is 2.47 bits per heavy atom. The van der Waals surface area contributed by atoms with E-state index in [0.29, 0.717) is 5.56 Å². The number of hydrogen-bond donors (Lipinski definition) is 2. The standard InChI is InChI=1S/C21H18F3N3O5/c22-21(23,24)15-7-4-8-16(10-15)25-17(28)12-32-20(31)14-9-18(29)27(11-14)26-19(30)13-5-2-1-3-6-13/h1-8,10,14H,9,11-12H2,(H,25,28)(H,26,30)/t14-/m0/s1. The van der Waals surface area contributed by atoms with Gasteiger partial charge in [-0.1, -0.05) is 24.3 Å². The molecule has 0 aliphatic carbocycles. The average molecular weight is 449 g/mol. The van der Waals surface area contributed by atoms with Crippen LogP contribution in [0, 0.1) is 5.92 Å². The number of halogens is 3. The lowest BCUT2D eigenvalue weighted by Crippen LogP contribution is -2.43. The van der Waals surface area contributed by atoms with Crippen LogP contribution < -0.4 is 10.7 Å². The highest BCUT2D eigenvalue weighted by molar-refractivity contribution is 5.97. The second kappa shape index (κ2) is 9.50. The number of hydrazine groups is 1. The third-order valence-electron chi connectivity index (χ3n) is 4.55. The smallest absolute Gasteiger partial charge is 0.416 e. The summed E-state index contributed by atoms with van der Waals surface area (Å²) in [6.07, 6.45) is -4.78. The number of esters is 1. The van der Waals surface area contributed by atoms with E-state index in [4.69, 9.17) is 4.74 Å². The molecule has 2 aromatic rings. The second-order valence-electron chi connectivity index (χ2n) is 6.95. The monoisotopic (exact) mass is 449 g/mol. The summed E-state index contributed by atoms with van der Waals surface area (Å²) >= 11 is 0. The number of carbonyl (C=O) groups excluding carboxylic acids is 4. The first kappa shape index (κ1) is 22.8. The van der Waals surface area contributed by atoms with Gasteiger partial charge < -0.3 is 10.1 Å². The molecule has 3 amide bonds. The molecule has 168 valence electrons. The van der Waals surface area contributed by atoms with Crippen molar-refractivity contribution in [3.05, 3.63) is 65.7 Å². The molecule has 3 rings (SSSR count). The maximum Gasteiger partial charge on any atom is 0.416 e. The van der Waals surface area contributed by atoms with Gasteiger partial charge in [0.15, 0.2) is 6.61 Å². The molecule has 1 atom stereocenters. The minimum Gasteiger partial charge on any atom is -0.455 e. The van der Waals surface area contributed by atoms with Gasteiger partial charge in [-0.25, -0.2) is 0 Å². The van der Waals surface area contributed by atoms with Crippen molar-refractivity contribution >= 4 is 29.4 Å². The van der Waals surface area contributed by atoms with Crippen molar-refractivity contribution < 1.29 is 37.1 Å². The average Bonchev–Trinajstić information content (AvgIpc) is 3.12. The molecule has 1 aliphatic heterocycles. The third-order valence-corrected chi connectivity index (χ3v) is 4.55. The van der Waals surface area contributed by atoms with E-state index >= 15 is 0 Å². The molecule has 0 bridgehead atoms. The van der Waals surface area contributed by atoms with Crippen LogP contribution in [-0.4, -0.2) is 41.9 Å². The molecule has 32 heavy (non-hydrogen) atoms. The molecule has 0 unspecified atom stereocenters. The number of amides is 3. The number of nitrogens with one attached hydrogen (secondary N) is 2. The Bertz CT molecular complexity index is 1030. The van der Waals surface area contributed by atoms with Crippen LogP contribution in [0.15, 0.2) is 54.6 Å². The summed E-state index contributed by atoms with van der Waals surface area (Å²) in [6.45, 7) is -0.873. The van der Waals surface area contributed by atoms with E-state index in [1.54, 1.807) is 30.3 Å². The van der Waals surface area contributed by atoms with Gasteiger partial charge in [0.05, 0.1) is 18.0 Å².